The number of nitrogens with zero attached hydrogens (tertiary/aromatic N) is 1. The maximum absolute atomic E-state index is 12.7. The number of nitrogens with one attached hydrogen (secondary N) is 2. The van der Waals surface area contributed by atoms with Crippen LogP contribution >= 0.6 is 0 Å². The standard InChI is InChI=1S/C21H21N3O4/c25-19-9-8-16(23-19)14-4-3-5-15(12-14)22-20(26)24-11-10-21(13-24)27-17-6-1-2-7-18(17)28-21/h1-7,12,16H,8-11,13H2,(H,22,26)(H,23,25). The molecule has 3 aliphatic rings. The fraction of sp³-hybridized carbons (Fsp3) is 0.333. The van der Waals surface area contributed by atoms with Crippen molar-refractivity contribution in [2.75, 3.05) is 18.4 Å². The first-order valence-electron chi connectivity index (χ1n) is 9.53. The van der Waals surface area contributed by atoms with Crippen LogP contribution in [0.25, 0.3) is 0 Å². The predicted molar refractivity (Wildman–Crippen MR) is 102 cm³/mol. The summed E-state index contributed by atoms with van der Waals surface area (Å²) in [5.74, 6) is 0.711. The molecule has 0 bridgehead atoms. The fourth-order valence-electron chi connectivity index (χ4n) is 4.03. The molecule has 3 aliphatic heterocycles. The van der Waals surface area contributed by atoms with Gasteiger partial charge >= 0.3 is 6.03 Å². The van der Waals surface area contributed by atoms with Crippen LogP contribution < -0.4 is 20.1 Å². The van der Waals surface area contributed by atoms with Gasteiger partial charge in [0, 0.05) is 25.1 Å². The Labute approximate surface area is 162 Å². The molecule has 0 radical (unpaired) electrons. The number of carbonyl (C=O) groups excluding carboxylic acids is 2. The smallest absolute Gasteiger partial charge is 0.322 e. The van der Waals surface area contributed by atoms with Crippen molar-refractivity contribution in [1.29, 1.82) is 0 Å². The third kappa shape index (κ3) is 3.02. The summed E-state index contributed by atoms with van der Waals surface area (Å²) in [7, 11) is 0. The lowest BCUT2D eigenvalue weighted by Crippen LogP contribution is -2.43. The number of fused-ring (bicyclic) bond motifs is 1. The highest BCUT2D eigenvalue weighted by molar-refractivity contribution is 5.89. The average Bonchev–Trinajstić information content (AvgIpc) is 3.40. The molecule has 2 aromatic carbocycles. The summed E-state index contributed by atoms with van der Waals surface area (Å²) in [4.78, 5) is 25.9. The van der Waals surface area contributed by atoms with E-state index < -0.39 is 5.79 Å². The number of likely N-dealkylation sites (tertiary alicyclic amines) is 1. The first-order valence-corrected chi connectivity index (χ1v) is 9.53. The number of hydrogen-bond donors (Lipinski definition) is 2. The van der Waals surface area contributed by atoms with Gasteiger partial charge in [-0.25, -0.2) is 4.79 Å². The highest BCUT2D eigenvalue weighted by atomic mass is 16.7. The minimum atomic E-state index is -0.795. The number of anilines is 1. The molecule has 7 nitrogen and oxygen atoms in total. The molecule has 1 unspecified atom stereocenters. The molecule has 0 saturated carbocycles. The van der Waals surface area contributed by atoms with Crippen LogP contribution in [-0.4, -0.2) is 35.7 Å². The molecular formula is C21H21N3O4. The van der Waals surface area contributed by atoms with Gasteiger partial charge in [-0.3, -0.25) is 4.79 Å². The SMILES string of the molecule is O=C1CCC(c2cccc(NC(=O)N3CCC4(C3)Oc3ccccc3O4)c2)N1. The summed E-state index contributed by atoms with van der Waals surface area (Å²) < 4.78 is 12.0. The summed E-state index contributed by atoms with van der Waals surface area (Å²) >= 11 is 0. The van der Waals surface area contributed by atoms with Crippen LogP contribution in [0, 0.1) is 0 Å². The number of benzene rings is 2. The Hall–Kier alpha value is -3.22. The highest BCUT2D eigenvalue weighted by Gasteiger charge is 2.48. The molecule has 0 aliphatic carbocycles. The number of para-hydroxylation sites is 2. The van der Waals surface area contributed by atoms with Gasteiger partial charge in [0.2, 0.25) is 5.91 Å². The molecule has 28 heavy (non-hydrogen) atoms. The zero-order valence-electron chi connectivity index (χ0n) is 15.3. The number of carbonyl (C=O) groups is 2. The topological polar surface area (TPSA) is 79.9 Å². The van der Waals surface area contributed by atoms with Crippen molar-refractivity contribution in [3.63, 3.8) is 0 Å². The largest absolute Gasteiger partial charge is 0.447 e. The summed E-state index contributed by atoms with van der Waals surface area (Å²) in [5.41, 5.74) is 1.71. The highest BCUT2D eigenvalue weighted by Crippen LogP contribution is 2.42. The average molecular weight is 379 g/mol. The summed E-state index contributed by atoms with van der Waals surface area (Å²) in [6.45, 7) is 0.921. The summed E-state index contributed by atoms with van der Waals surface area (Å²) in [6.07, 6.45) is 1.93. The van der Waals surface area contributed by atoms with E-state index in [0.717, 1.165) is 23.5 Å². The minimum Gasteiger partial charge on any atom is -0.447 e. The minimum absolute atomic E-state index is 0.0122. The third-order valence-electron chi connectivity index (χ3n) is 5.46. The molecule has 0 aromatic heterocycles. The van der Waals surface area contributed by atoms with Crippen LogP contribution in [0.15, 0.2) is 48.5 Å². The van der Waals surface area contributed by atoms with Crippen molar-refractivity contribution >= 4 is 17.6 Å². The van der Waals surface area contributed by atoms with Gasteiger partial charge in [-0.2, -0.15) is 0 Å². The Morgan fingerprint density at radius 1 is 1.14 bits per heavy atom. The van der Waals surface area contributed by atoms with E-state index in [1.807, 2.05) is 48.5 Å². The number of hydrogen-bond acceptors (Lipinski definition) is 4. The molecule has 144 valence electrons. The Bertz CT molecular complexity index is 920. The second-order valence-electron chi connectivity index (χ2n) is 7.45. The van der Waals surface area contributed by atoms with Gasteiger partial charge in [-0.05, 0) is 36.2 Å². The van der Waals surface area contributed by atoms with Crippen molar-refractivity contribution in [2.24, 2.45) is 0 Å². The van der Waals surface area contributed by atoms with Gasteiger partial charge in [0.1, 0.15) is 0 Å². The lowest BCUT2D eigenvalue weighted by atomic mass is 10.0. The Morgan fingerprint density at radius 3 is 2.64 bits per heavy atom. The van der Waals surface area contributed by atoms with Gasteiger partial charge in [0.25, 0.3) is 5.79 Å². The van der Waals surface area contributed by atoms with Crippen LogP contribution in [0.2, 0.25) is 0 Å². The number of ether oxygens (including phenoxy) is 2. The van der Waals surface area contributed by atoms with Gasteiger partial charge in [-0.15, -0.1) is 0 Å². The van der Waals surface area contributed by atoms with E-state index in [2.05, 4.69) is 10.6 Å². The lowest BCUT2D eigenvalue weighted by Gasteiger charge is -2.23. The molecule has 1 spiro atoms. The van der Waals surface area contributed by atoms with Crippen molar-refractivity contribution in [3.8, 4) is 11.5 Å². The normalized spacial score (nSPS) is 21.8. The van der Waals surface area contributed by atoms with E-state index in [-0.39, 0.29) is 18.0 Å². The molecule has 2 aromatic rings. The molecule has 2 fully saturated rings. The predicted octanol–water partition coefficient (Wildman–Crippen LogP) is 3.04. The van der Waals surface area contributed by atoms with Crippen molar-refractivity contribution in [3.05, 3.63) is 54.1 Å². The van der Waals surface area contributed by atoms with Gasteiger partial charge in [0.05, 0.1) is 12.6 Å². The van der Waals surface area contributed by atoms with Crippen LogP contribution in [0.3, 0.4) is 0 Å². The van der Waals surface area contributed by atoms with Crippen LogP contribution in [0.1, 0.15) is 30.9 Å². The van der Waals surface area contributed by atoms with E-state index in [1.54, 1.807) is 4.90 Å². The van der Waals surface area contributed by atoms with Crippen LogP contribution in [0.4, 0.5) is 10.5 Å². The van der Waals surface area contributed by atoms with Crippen LogP contribution in [0.5, 0.6) is 11.5 Å². The molecule has 2 saturated heterocycles. The first-order chi connectivity index (χ1) is 13.6. The lowest BCUT2D eigenvalue weighted by molar-refractivity contribution is -0.119. The molecule has 7 heteroatoms. The molecule has 3 amide bonds. The van der Waals surface area contributed by atoms with Gasteiger partial charge in [0.15, 0.2) is 11.5 Å². The zero-order chi connectivity index (χ0) is 19.1. The second kappa shape index (κ2) is 6.44. The quantitative estimate of drug-likeness (QED) is 0.841. The number of urea groups is 1. The van der Waals surface area contributed by atoms with E-state index in [4.69, 9.17) is 9.47 Å². The Balaban J connectivity index is 1.24. The first kappa shape index (κ1) is 16.9. The monoisotopic (exact) mass is 379 g/mol. The maximum Gasteiger partial charge on any atom is 0.322 e. The van der Waals surface area contributed by atoms with E-state index in [1.165, 1.54) is 0 Å². The zero-order valence-corrected chi connectivity index (χ0v) is 15.3. The van der Waals surface area contributed by atoms with E-state index in [9.17, 15) is 9.59 Å². The fourth-order valence-corrected chi connectivity index (χ4v) is 4.03. The second-order valence-corrected chi connectivity index (χ2v) is 7.45. The van der Waals surface area contributed by atoms with Crippen LogP contribution in [-0.2, 0) is 4.79 Å². The summed E-state index contributed by atoms with van der Waals surface area (Å²) in [5, 5.41) is 5.90. The Kier molecular flexibility index (Phi) is 3.89. The van der Waals surface area contributed by atoms with Crippen molar-refractivity contribution in [1.82, 2.24) is 10.2 Å². The Morgan fingerprint density at radius 2 is 1.93 bits per heavy atom. The van der Waals surface area contributed by atoms with E-state index >= 15 is 0 Å². The van der Waals surface area contributed by atoms with Gasteiger partial charge < -0.3 is 25.0 Å². The molecule has 1 atom stereocenters. The maximum atomic E-state index is 12.7. The van der Waals surface area contributed by atoms with Crippen molar-refractivity contribution < 1.29 is 19.1 Å². The number of rotatable bonds is 2. The number of amides is 3. The van der Waals surface area contributed by atoms with Crippen molar-refractivity contribution in [2.45, 2.75) is 31.1 Å². The van der Waals surface area contributed by atoms with Gasteiger partial charge in [-0.1, -0.05) is 24.3 Å². The summed E-state index contributed by atoms with van der Waals surface area (Å²) in [6, 6.07) is 15.0. The molecule has 2 N–H and O–H groups in total. The molecular weight excluding hydrogens is 358 g/mol. The third-order valence-corrected chi connectivity index (χ3v) is 5.46. The molecule has 3 heterocycles. The van der Waals surface area contributed by atoms with E-state index in [0.29, 0.717) is 31.6 Å². The molecule has 5 rings (SSSR count).